The van der Waals surface area contributed by atoms with E-state index in [0.29, 0.717) is 24.0 Å². The van der Waals surface area contributed by atoms with Gasteiger partial charge in [0.25, 0.3) is 0 Å². The molecule has 2 aliphatic carbocycles. The van der Waals surface area contributed by atoms with Crippen molar-refractivity contribution < 1.29 is 34.0 Å². The van der Waals surface area contributed by atoms with E-state index in [4.69, 9.17) is 19.3 Å². The second-order valence-electron chi connectivity index (χ2n) is 10.1. The predicted octanol–water partition coefficient (Wildman–Crippen LogP) is 4.23. The molecule has 178 valence electrons. The maximum absolute atomic E-state index is 11.9. The Hall–Kier alpha value is -2.28. The van der Waals surface area contributed by atoms with Crippen LogP contribution in [-0.2, 0) is 27.1 Å². The summed E-state index contributed by atoms with van der Waals surface area (Å²) in [7, 11) is 0. The number of aliphatic hydroxyl groups excluding tert-OH is 1. The van der Waals surface area contributed by atoms with Crippen LogP contribution in [0.4, 0.5) is 4.79 Å². The molecule has 0 spiro atoms. The van der Waals surface area contributed by atoms with Crippen LogP contribution in [0.15, 0.2) is 18.2 Å². The van der Waals surface area contributed by atoms with Crippen molar-refractivity contribution in [1.82, 2.24) is 0 Å². The van der Waals surface area contributed by atoms with E-state index in [1.54, 1.807) is 6.92 Å². The Balaban J connectivity index is 1.70. The van der Waals surface area contributed by atoms with Gasteiger partial charge < -0.3 is 24.4 Å². The minimum atomic E-state index is -0.994. The van der Waals surface area contributed by atoms with Crippen molar-refractivity contribution in [2.75, 3.05) is 13.2 Å². The number of rotatable bonds is 8. The van der Waals surface area contributed by atoms with Crippen molar-refractivity contribution in [1.29, 1.82) is 0 Å². The number of aliphatic carboxylic acids is 1. The number of hydrogen-bond acceptors (Lipinski definition) is 6. The Morgan fingerprint density at radius 1 is 1.22 bits per heavy atom. The van der Waals surface area contributed by atoms with Crippen LogP contribution in [0.2, 0.25) is 0 Å². The lowest BCUT2D eigenvalue weighted by atomic mass is 9.73. The van der Waals surface area contributed by atoms with Crippen LogP contribution < -0.4 is 4.74 Å². The van der Waals surface area contributed by atoms with E-state index in [1.165, 1.54) is 5.56 Å². The molecule has 2 N–H and O–H groups in total. The topological polar surface area (TPSA) is 102 Å². The van der Waals surface area contributed by atoms with Gasteiger partial charge in [0.05, 0.1) is 12.7 Å². The largest absolute Gasteiger partial charge is 0.508 e. The molecule has 0 bridgehead atoms. The van der Waals surface area contributed by atoms with Crippen LogP contribution in [-0.4, -0.2) is 47.8 Å². The minimum Gasteiger partial charge on any atom is -0.482 e. The first kappa shape index (κ1) is 24.4. The number of ether oxygens (including phenoxy) is 3. The lowest BCUT2D eigenvalue weighted by molar-refractivity contribution is -0.139. The molecule has 1 saturated carbocycles. The average molecular weight is 449 g/mol. The fourth-order valence-corrected chi connectivity index (χ4v) is 5.36. The smallest absolute Gasteiger partial charge is 0.482 e. The van der Waals surface area contributed by atoms with Crippen molar-refractivity contribution in [2.45, 2.75) is 72.0 Å². The highest BCUT2D eigenvalue weighted by Crippen LogP contribution is 2.48. The molecule has 1 aromatic carbocycles. The van der Waals surface area contributed by atoms with Gasteiger partial charge in [0, 0.05) is 0 Å². The molecule has 5 atom stereocenters. The van der Waals surface area contributed by atoms with E-state index in [2.05, 4.69) is 6.07 Å². The second-order valence-corrected chi connectivity index (χ2v) is 10.1. The fraction of sp³-hybridized carbons (Fsp3) is 0.680. The minimum absolute atomic E-state index is 0.132. The highest BCUT2D eigenvalue weighted by molar-refractivity contribution is 5.68. The number of carbonyl (C=O) groups excluding carboxylic acids is 1. The Labute approximate surface area is 190 Å². The van der Waals surface area contributed by atoms with Gasteiger partial charge in [-0.1, -0.05) is 32.9 Å². The van der Waals surface area contributed by atoms with Gasteiger partial charge in [-0.25, -0.2) is 9.59 Å². The fourth-order valence-electron chi connectivity index (χ4n) is 5.36. The SMILES string of the molecule is CCOC(=O)O[C@H](CC[C@@H]1[C@H]2Cc3cccc(OCC(=O)O)c3C[C@H]2C[C@H]1O)C(C)(C)C. The molecule has 1 aromatic rings. The number of fused-ring (bicyclic) bond motifs is 2. The number of carboxylic acid groups (broad SMARTS) is 1. The van der Waals surface area contributed by atoms with Gasteiger partial charge >= 0.3 is 12.1 Å². The molecule has 0 amide bonds. The molecular weight excluding hydrogens is 412 g/mol. The molecule has 7 nitrogen and oxygen atoms in total. The quantitative estimate of drug-likeness (QED) is 0.574. The molecule has 7 heteroatoms. The summed E-state index contributed by atoms with van der Waals surface area (Å²) in [4.78, 5) is 22.8. The highest BCUT2D eigenvalue weighted by Gasteiger charge is 2.45. The van der Waals surface area contributed by atoms with Gasteiger partial charge in [-0.2, -0.15) is 0 Å². The maximum atomic E-state index is 11.9. The summed E-state index contributed by atoms with van der Waals surface area (Å²) in [5, 5.41) is 19.8. The summed E-state index contributed by atoms with van der Waals surface area (Å²) in [6.07, 6.45) is 2.45. The molecular formula is C25H36O7. The van der Waals surface area contributed by atoms with E-state index in [9.17, 15) is 14.7 Å². The molecule has 0 aliphatic heterocycles. The first-order valence-corrected chi connectivity index (χ1v) is 11.6. The predicted molar refractivity (Wildman–Crippen MR) is 119 cm³/mol. The molecule has 32 heavy (non-hydrogen) atoms. The number of aliphatic hydroxyl groups is 1. The molecule has 3 rings (SSSR count). The van der Waals surface area contributed by atoms with Crippen LogP contribution in [0.25, 0.3) is 0 Å². The zero-order valence-corrected chi connectivity index (χ0v) is 19.5. The van der Waals surface area contributed by atoms with Crippen LogP contribution in [0, 0.1) is 23.2 Å². The second kappa shape index (κ2) is 10.1. The van der Waals surface area contributed by atoms with Crippen LogP contribution in [0.5, 0.6) is 5.75 Å². The lowest BCUT2D eigenvalue weighted by Gasteiger charge is -2.34. The lowest BCUT2D eigenvalue weighted by Crippen LogP contribution is -2.34. The van der Waals surface area contributed by atoms with E-state index in [1.807, 2.05) is 32.9 Å². The number of benzene rings is 1. The van der Waals surface area contributed by atoms with E-state index >= 15 is 0 Å². The summed E-state index contributed by atoms with van der Waals surface area (Å²) in [5.74, 6) is 0.446. The van der Waals surface area contributed by atoms with Crippen molar-refractivity contribution in [3.8, 4) is 5.75 Å². The van der Waals surface area contributed by atoms with E-state index < -0.39 is 18.2 Å². The molecule has 2 aliphatic rings. The van der Waals surface area contributed by atoms with Crippen molar-refractivity contribution in [3.63, 3.8) is 0 Å². The van der Waals surface area contributed by atoms with Gasteiger partial charge in [0.15, 0.2) is 6.61 Å². The number of carbonyl (C=O) groups is 2. The summed E-state index contributed by atoms with van der Waals surface area (Å²) >= 11 is 0. The monoisotopic (exact) mass is 448 g/mol. The first-order valence-electron chi connectivity index (χ1n) is 11.6. The van der Waals surface area contributed by atoms with Crippen LogP contribution in [0.3, 0.4) is 0 Å². The molecule has 0 unspecified atom stereocenters. The normalized spacial score (nSPS) is 25.4. The van der Waals surface area contributed by atoms with Gasteiger partial charge in [-0.3, -0.25) is 0 Å². The van der Waals surface area contributed by atoms with E-state index in [-0.39, 0.29) is 30.7 Å². The van der Waals surface area contributed by atoms with E-state index in [0.717, 1.165) is 31.2 Å². The van der Waals surface area contributed by atoms with Gasteiger partial charge in [0.2, 0.25) is 0 Å². The summed E-state index contributed by atoms with van der Waals surface area (Å²) in [6, 6.07) is 5.80. The van der Waals surface area contributed by atoms with Crippen LogP contribution in [0.1, 0.15) is 58.1 Å². The Kier molecular flexibility index (Phi) is 7.70. The van der Waals surface area contributed by atoms with Gasteiger partial charge in [0.1, 0.15) is 11.9 Å². The first-order chi connectivity index (χ1) is 15.1. The van der Waals surface area contributed by atoms with Gasteiger partial charge in [-0.15, -0.1) is 0 Å². The highest BCUT2D eigenvalue weighted by atomic mass is 16.7. The Bertz CT molecular complexity index is 813. The van der Waals surface area contributed by atoms with Crippen molar-refractivity contribution in [3.05, 3.63) is 29.3 Å². The molecule has 0 aromatic heterocycles. The van der Waals surface area contributed by atoms with Crippen LogP contribution >= 0.6 is 0 Å². The molecule has 0 radical (unpaired) electrons. The average Bonchev–Trinajstić information content (AvgIpc) is 3.01. The van der Waals surface area contributed by atoms with Crippen molar-refractivity contribution >= 4 is 12.1 Å². The third-order valence-electron chi connectivity index (χ3n) is 6.93. The molecule has 0 heterocycles. The Morgan fingerprint density at radius 3 is 2.62 bits per heavy atom. The third kappa shape index (κ3) is 5.74. The zero-order valence-electron chi connectivity index (χ0n) is 19.5. The maximum Gasteiger partial charge on any atom is 0.508 e. The van der Waals surface area contributed by atoms with Gasteiger partial charge in [-0.05, 0) is 79.4 Å². The number of carboxylic acids is 1. The molecule has 1 fully saturated rings. The third-order valence-corrected chi connectivity index (χ3v) is 6.93. The summed E-state index contributed by atoms with van der Waals surface area (Å²) < 4.78 is 16.1. The van der Waals surface area contributed by atoms with Crippen molar-refractivity contribution in [2.24, 2.45) is 23.2 Å². The summed E-state index contributed by atoms with van der Waals surface area (Å²) in [6.45, 7) is 7.80. The molecule has 0 saturated heterocycles. The summed E-state index contributed by atoms with van der Waals surface area (Å²) in [5.41, 5.74) is 2.01. The standard InChI is InChI=1S/C25H36O7/c1-5-30-24(29)32-22(25(2,3)4)10-9-17-18-11-15-7-6-8-21(31-14-23(27)28)19(15)12-16(18)13-20(17)26/h6-8,16-18,20,22,26H,5,9-14H2,1-4H3,(H,27,28)/t16-,17+,18-,20+,22+/m0/s1. The zero-order chi connectivity index (χ0) is 23.5. The number of hydrogen-bond donors (Lipinski definition) is 2. The Morgan fingerprint density at radius 2 is 1.97 bits per heavy atom.